The van der Waals surface area contributed by atoms with Crippen molar-refractivity contribution < 1.29 is 5.11 Å². The van der Waals surface area contributed by atoms with Gasteiger partial charge >= 0.3 is 0 Å². The fraction of sp³-hybridized carbons (Fsp3) is 0.556. The molecular formula is C9H13NOS. The quantitative estimate of drug-likeness (QED) is 0.696. The highest BCUT2D eigenvalue weighted by atomic mass is 32.1. The number of hydrogen-bond acceptors (Lipinski definition) is 3. The van der Waals surface area contributed by atoms with Gasteiger partial charge in [0, 0.05) is 4.88 Å². The van der Waals surface area contributed by atoms with Crippen molar-refractivity contribution in [2.45, 2.75) is 32.3 Å². The zero-order valence-corrected chi connectivity index (χ0v) is 7.78. The minimum absolute atomic E-state index is 0.157. The summed E-state index contributed by atoms with van der Waals surface area (Å²) in [6.07, 6.45) is 4.71. The van der Waals surface area contributed by atoms with E-state index in [1.807, 2.05) is 0 Å². The van der Waals surface area contributed by atoms with Gasteiger partial charge in [0.25, 0.3) is 0 Å². The summed E-state index contributed by atoms with van der Waals surface area (Å²) in [5, 5.41) is 9.99. The molecular weight excluding hydrogens is 170 g/mol. The van der Waals surface area contributed by atoms with E-state index in [2.05, 4.69) is 0 Å². The minimum Gasteiger partial charge on any atom is -0.391 e. The lowest BCUT2D eigenvalue weighted by atomic mass is 9.93. The Labute approximate surface area is 76.0 Å². The molecule has 12 heavy (non-hydrogen) atoms. The molecule has 0 bridgehead atoms. The molecule has 0 aliphatic heterocycles. The summed E-state index contributed by atoms with van der Waals surface area (Å²) in [7, 11) is 0. The van der Waals surface area contributed by atoms with Crippen LogP contribution in [0, 0.1) is 0 Å². The van der Waals surface area contributed by atoms with Gasteiger partial charge < -0.3 is 10.8 Å². The van der Waals surface area contributed by atoms with Gasteiger partial charge in [-0.1, -0.05) is 0 Å². The van der Waals surface area contributed by atoms with Crippen LogP contribution in [-0.4, -0.2) is 5.11 Å². The Kier molecular flexibility index (Phi) is 2.07. The van der Waals surface area contributed by atoms with Crippen LogP contribution in [0.1, 0.15) is 28.8 Å². The topological polar surface area (TPSA) is 46.2 Å². The normalized spacial score (nSPS) is 16.1. The van der Waals surface area contributed by atoms with E-state index < -0.39 is 0 Å². The highest BCUT2D eigenvalue weighted by molar-refractivity contribution is 7.16. The minimum atomic E-state index is 0.157. The van der Waals surface area contributed by atoms with E-state index in [4.69, 9.17) is 10.8 Å². The number of nitrogen functional groups attached to an aromatic ring is 1. The van der Waals surface area contributed by atoms with Crippen LogP contribution in [0.5, 0.6) is 0 Å². The van der Waals surface area contributed by atoms with Crippen LogP contribution in [0.4, 0.5) is 5.00 Å². The number of anilines is 1. The molecule has 0 amide bonds. The Bertz CT molecular complexity index is 293. The molecule has 0 saturated carbocycles. The van der Waals surface area contributed by atoms with Crippen LogP contribution in [0.2, 0.25) is 0 Å². The number of thiophene rings is 1. The number of nitrogens with two attached hydrogens (primary N) is 1. The number of aliphatic hydroxyl groups is 1. The fourth-order valence-corrected chi connectivity index (χ4v) is 2.90. The molecule has 66 valence electrons. The third kappa shape index (κ3) is 1.13. The zero-order valence-electron chi connectivity index (χ0n) is 6.97. The Morgan fingerprint density at radius 2 is 1.92 bits per heavy atom. The second-order valence-electron chi connectivity index (χ2n) is 3.21. The third-order valence-corrected chi connectivity index (χ3v) is 3.57. The highest BCUT2D eigenvalue weighted by Gasteiger charge is 2.18. The van der Waals surface area contributed by atoms with E-state index >= 15 is 0 Å². The molecule has 1 aromatic heterocycles. The smallest absolute Gasteiger partial charge is 0.0895 e. The van der Waals surface area contributed by atoms with Gasteiger partial charge in [-0.05, 0) is 36.8 Å². The first-order valence-corrected chi connectivity index (χ1v) is 5.14. The van der Waals surface area contributed by atoms with Crippen LogP contribution in [-0.2, 0) is 19.4 Å². The van der Waals surface area contributed by atoms with Gasteiger partial charge in [-0.25, -0.2) is 0 Å². The highest BCUT2D eigenvalue weighted by Crippen LogP contribution is 2.36. The van der Waals surface area contributed by atoms with Crippen LogP contribution in [0.15, 0.2) is 0 Å². The zero-order chi connectivity index (χ0) is 8.55. The second-order valence-corrected chi connectivity index (χ2v) is 4.35. The Morgan fingerprint density at radius 1 is 1.25 bits per heavy atom. The van der Waals surface area contributed by atoms with Gasteiger partial charge in [0.2, 0.25) is 0 Å². The van der Waals surface area contributed by atoms with Crippen molar-refractivity contribution in [3.05, 3.63) is 16.0 Å². The maximum Gasteiger partial charge on any atom is 0.0895 e. The first-order chi connectivity index (χ1) is 5.83. The first-order valence-electron chi connectivity index (χ1n) is 4.32. The summed E-state index contributed by atoms with van der Waals surface area (Å²) in [6, 6.07) is 0. The molecule has 3 N–H and O–H groups in total. The van der Waals surface area contributed by atoms with Gasteiger partial charge in [0.05, 0.1) is 11.6 Å². The van der Waals surface area contributed by atoms with Crippen molar-refractivity contribution in [1.82, 2.24) is 0 Å². The van der Waals surface area contributed by atoms with Crippen LogP contribution in [0.25, 0.3) is 0 Å². The standard InChI is InChI=1S/C9H13NOS/c10-9-7-4-2-1-3-6(7)8(5-11)12-9/h11H,1-5,10H2. The molecule has 2 rings (SSSR count). The van der Waals surface area contributed by atoms with E-state index in [1.54, 1.807) is 11.3 Å². The Balaban J connectivity index is 2.47. The van der Waals surface area contributed by atoms with Gasteiger partial charge in [-0.15, -0.1) is 11.3 Å². The molecule has 0 saturated heterocycles. The van der Waals surface area contributed by atoms with Crippen LogP contribution >= 0.6 is 11.3 Å². The molecule has 0 fully saturated rings. The third-order valence-electron chi connectivity index (χ3n) is 2.48. The number of fused-ring (bicyclic) bond motifs is 1. The van der Waals surface area contributed by atoms with Gasteiger partial charge in [-0.2, -0.15) is 0 Å². The molecule has 1 heterocycles. The van der Waals surface area contributed by atoms with E-state index in [0.717, 1.165) is 22.7 Å². The molecule has 0 radical (unpaired) electrons. The summed E-state index contributed by atoms with van der Waals surface area (Å²) in [5.74, 6) is 0. The van der Waals surface area contributed by atoms with Gasteiger partial charge in [0.15, 0.2) is 0 Å². The Morgan fingerprint density at radius 3 is 2.58 bits per heavy atom. The monoisotopic (exact) mass is 183 g/mol. The SMILES string of the molecule is Nc1sc(CO)c2c1CCCC2. The molecule has 0 spiro atoms. The van der Waals surface area contributed by atoms with Crippen LogP contribution < -0.4 is 5.73 Å². The number of aliphatic hydroxyl groups excluding tert-OH is 1. The largest absolute Gasteiger partial charge is 0.391 e. The van der Waals surface area contributed by atoms with Crippen molar-refractivity contribution in [2.75, 3.05) is 5.73 Å². The maximum atomic E-state index is 9.06. The molecule has 0 atom stereocenters. The molecule has 1 aliphatic rings. The summed E-state index contributed by atoms with van der Waals surface area (Å²) in [6.45, 7) is 0.157. The lowest BCUT2D eigenvalue weighted by molar-refractivity contribution is 0.284. The van der Waals surface area contributed by atoms with Crippen molar-refractivity contribution in [1.29, 1.82) is 0 Å². The predicted octanol–water partition coefficient (Wildman–Crippen LogP) is 1.70. The van der Waals surface area contributed by atoms with E-state index in [-0.39, 0.29) is 6.61 Å². The van der Waals surface area contributed by atoms with Gasteiger partial charge in [-0.3, -0.25) is 0 Å². The summed E-state index contributed by atoms with van der Waals surface area (Å²) < 4.78 is 0. The van der Waals surface area contributed by atoms with Crippen molar-refractivity contribution in [2.24, 2.45) is 0 Å². The number of rotatable bonds is 1. The van der Waals surface area contributed by atoms with Crippen LogP contribution in [0.3, 0.4) is 0 Å². The molecule has 2 nitrogen and oxygen atoms in total. The predicted molar refractivity (Wildman–Crippen MR) is 51.3 cm³/mol. The van der Waals surface area contributed by atoms with E-state index in [9.17, 15) is 0 Å². The lowest BCUT2D eigenvalue weighted by Gasteiger charge is -2.12. The average Bonchev–Trinajstić information content (AvgIpc) is 2.44. The second kappa shape index (κ2) is 3.07. The molecule has 1 aliphatic carbocycles. The maximum absolute atomic E-state index is 9.06. The molecule has 0 unspecified atom stereocenters. The van der Waals surface area contributed by atoms with Crippen molar-refractivity contribution in [3.63, 3.8) is 0 Å². The van der Waals surface area contributed by atoms with Crippen molar-refractivity contribution in [3.8, 4) is 0 Å². The summed E-state index contributed by atoms with van der Waals surface area (Å²) in [5.41, 5.74) is 8.50. The fourth-order valence-electron chi connectivity index (χ4n) is 1.87. The summed E-state index contributed by atoms with van der Waals surface area (Å²) in [4.78, 5) is 1.09. The first kappa shape index (κ1) is 8.08. The average molecular weight is 183 g/mol. The van der Waals surface area contributed by atoms with E-state index in [1.165, 1.54) is 24.0 Å². The molecule has 0 aromatic carbocycles. The van der Waals surface area contributed by atoms with E-state index in [0.29, 0.717) is 0 Å². The Hall–Kier alpha value is -0.540. The van der Waals surface area contributed by atoms with Gasteiger partial charge in [0.1, 0.15) is 0 Å². The molecule has 1 aromatic rings. The summed E-state index contributed by atoms with van der Waals surface area (Å²) >= 11 is 1.56. The molecule has 3 heteroatoms. The number of hydrogen-bond donors (Lipinski definition) is 2. The lowest BCUT2D eigenvalue weighted by Crippen LogP contribution is -2.03. The van der Waals surface area contributed by atoms with Crippen molar-refractivity contribution >= 4 is 16.3 Å².